The van der Waals surface area contributed by atoms with Gasteiger partial charge in [0.2, 0.25) is 0 Å². The smallest absolute Gasteiger partial charge is 0.0157 e. The van der Waals surface area contributed by atoms with Crippen molar-refractivity contribution < 1.29 is 0 Å². The molecule has 2 nitrogen and oxygen atoms in total. The van der Waals surface area contributed by atoms with Crippen LogP contribution in [-0.4, -0.2) is 37.6 Å². The fourth-order valence-corrected chi connectivity index (χ4v) is 1.77. The first kappa shape index (κ1) is 12.7. The van der Waals surface area contributed by atoms with Crippen LogP contribution in [0.1, 0.15) is 38.5 Å². The molecule has 88 valence electrons. The Bertz CT molecular complexity index is 164. The van der Waals surface area contributed by atoms with E-state index in [-0.39, 0.29) is 0 Å². The predicted octanol–water partition coefficient (Wildman–Crippen LogP) is 2.42. The molecule has 1 saturated carbocycles. The summed E-state index contributed by atoms with van der Waals surface area (Å²) in [5, 5.41) is 3.55. The van der Waals surface area contributed by atoms with Gasteiger partial charge in [-0.25, -0.2) is 0 Å². The van der Waals surface area contributed by atoms with E-state index in [4.69, 9.17) is 0 Å². The van der Waals surface area contributed by atoms with Gasteiger partial charge in [-0.05, 0) is 45.8 Å². The molecule has 0 atom stereocenters. The standard InChI is InChI=1S/C13H26N2/c1-3-11-15(2)12-7-5-4-6-10-14-13-8-9-13/h3,13-14H,1,4-12H2,2H3. The van der Waals surface area contributed by atoms with Crippen molar-refractivity contribution >= 4 is 0 Å². The third-order valence-corrected chi connectivity index (χ3v) is 2.92. The Labute approximate surface area is 94.7 Å². The minimum Gasteiger partial charge on any atom is -0.314 e. The number of rotatable bonds is 10. The van der Waals surface area contributed by atoms with Crippen LogP contribution in [-0.2, 0) is 0 Å². The number of nitrogens with one attached hydrogen (secondary N) is 1. The van der Waals surface area contributed by atoms with E-state index in [0.29, 0.717) is 0 Å². The zero-order valence-corrected chi connectivity index (χ0v) is 10.2. The Hall–Kier alpha value is -0.340. The minimum atomic E-state index is 0.878. The van der Waals surface area contributed by atoms with Crippen LogP contribution in [0.4, 0.5) is 0 Å². The summed E-state index contributed by atoms with van der Waals surface area (Å²) >= 11 is 0. The lowest BCUT2D eigenvalue weighted by molar-refractivity contribution is 0.356. The van der Waals surface area contributed by atoms with Crippen molar-refractivity contribution in [2.45, 2.75) is 44.6 Å². The molecule has 0 aromatic rings. The third-order valence-electron chi connectivity index (χ3n) is 2.92. The Balaban J connectivity index is 1.73. The molecule has 1 rings (SSSR count). The van der Waals surface area contributed by atoms with Crippen LogP contribution in [0.3, 0.4) is 0 Å². The van der Waals surface area contributed by atoms with Crippen molar-refractivity contribution in [2.75, 3.05) is 26.7 Å². The third kappa shape index (κ3) is 7.57. The van der Waals surface area contributed by atoms with Gasteiger partial charge in [-0.15, -0.1) is 6.58 Å². The second kappa shape index (κ2) is 7.89. The molecular weight excluding hydrogens is 184 g/mol. The molecule has 1 aliphatic rings. The zero-order valence-electron chi connectivity index (χ0n) is 10.2. The fraction of sp³-hybridized carbons (Fsp3) is 0.846. The van der Waals surface area contributed by atoms with Crippen molar-refractivity contribution in [1.82, 2.24) is 10.2 Å². The highest BCUT2D eigenvalue weighted by atomic mass is 15.1. The van der Waals surface area contributed by atoms with Crippen LogP contribution in [0, 0.1) is 0 Å². The van der Waals surface area contributed by atoms with E-state index in [1.54, 1.807) is 0 Å². The van der Waals surface area contributed by atoms with E-state index >= 15 is 0 Å². The van der Waals surface area contributed by atoms with Crippen molar-refractivity contribution in [1.29, 1.82) is 0 Å². The SMILES string of the molecule is C=CCN(C)CCCCCCNC1CC1. The summed E-state index contributed by atoms with van der Waals surface area (Å²) in [5.41, 5.74) is 0. The van der Waals surface area contributed by atoms with Gasteiger partial charge in [0.05, 0.1) is 0 Å². The summed E-state index contributed by atoms with van der Waals surface area (Å²) in [4.78, 5) is 2.33. The Morgan fingerprint density at radius 2 is 2.00 bits per heavy atom. The molecule has 0 amide bonds. The quantitative estimate of drug-likeness (QED) is 0.440. The van der Waals surface area contributed by atoms with Gasteiger partial charge in [-0.2, -0.15) is 0 Å². The maximum absolute atomic E-state index is 3.74. The molecule has 15 heavy (non-hydrogen) atoms. The van der Waals surface area contributed by atoms with Crippen molar-refractivity contribution in [3.05, 3.63) is 12.7 Å². The maximum atomic E-state index is 3.74. The molecule has 1 N–H and O–H groups in total. The second-order valence-corrected chi connectivity index (χ2v) is 4.69. The van der Waals surface area contributed by atoms with Gasteiger partial charge in [0.25, 0.3) is 0 Å². The van der Waals surface area contributed by atoms with E-state index in [0.717, 1.165) is 12.6 Å². The molecule has 0 aliphatic heterocycles. The van der Waals surface area contributed by atoms with Gasteiger partial charge in [0.1, 0.15) is 0 Å². The van der Waals surface area contributed by atoms with Crippen LogP contribution >= 0.6 is 0 Å². The number of hydrogen-bond donors (Lipinski definition) is 1. The first-order valence-corrected chi connectivity index (χ1v) is 6.35. The van der Waals surface area contributed by atoms with Crippen LogP contribution in [0.25, 0.3) is 0 Å². The molecule has 0 unspecified atom stereocenters. The number of unbranched alkanes of at least 4 members (excludes halogenated alkanes) is 3. The molecule has 1 aliphatic carbocycles. The lowest BCUT2D eigenvalue weighted by atomic mass is 10.2. The summed E-state index contributed by atoms with van der Waals surface area (Å²) in [7, 11) is 2.16. The Morgan fingerprint density at radius 3 is 2.67 bits per heavy atom. The Morgan fingerprint density at radius 1 is 1.27 bits per heavy atom. The lowest BCUT2D eigenvalue weighted by Crippen LogP contribution is -2.19. The first-order valence-electron chi connectivity index (χ1n) is 6.35. The van der Waals surface area contributed by atoms with Gasteiger partial charge in [-0.3, -0.25) is 0 Å². The molecule has 0 radical (unpaired) electrons. The summed E-state index contributed by atoms with van der Waals surface area (Å²) in [6.07, 6.45) is 10.2. The fourth-order valence-electron chi connectivity index (χ4n) is 1.77. The highest BCUT2D eigenvalue weighted by molar-refractivity contribution is 4.80. The topological polar surface area (TPSA) is 15.3 Å². The average Bonchev–Trinajstić information content (AvgIpc) is 3.00. The van der Waals surface area contributed by atoms with Gasteiger partial charge >= 0.3 is 0 Å². The molecule has 1 fully saturated rings. The van der Waals surface area contributed by atoms with E-state index in [2.05, 4.69) is 23.8 Å². The summed E-state index contributed by atoms with van der Waals surface area (Å²) in [6, 6.07) is 0.878. The van der Waals surface area contributed by atoms with E-state index in [1.807, 2.05) is 6.08 Å². The van der Waals surface area contributed by atoms with Crippen molar-refractivity contribution in [3.8, 4) is 0 Å². The second-order valence-electron chi connectivity index (χ2n) is 4.69. The van der Waals surface area contributed by atoms with Crippen molar-refractivity contribution in [2.24, 2.45) is 0 Å². The van der Waals surface area contributed by atoms with E-state index < -0.39 is 0 Å². The summed E-state index contributed by atoms with van der Waals surface area (Å²) in [5.74, 6) is 0. The van der Waals surface area contributed by atoms with Gasteiger partial charge < -0.3 is 10.2 Å². The first-order chi connectivity index (χ1) is 7.33. The number of nitrogens with zero attached hydrogens (tertiary/aromatic N) is 1. The highest BCUT2D eigenvalue weighted by Gasteiger charge is 2.19. The van der Waals surface area contributed by atoms with Crippen LogP contribution < -0.4 is 5.32 Å². The number of likely N-dealkylation sites (N-methyl/N-ethyl adjacent to an activating group) is 1. The number of hydrogen-bond acceptors (Lipinski definition) is 2. The molecule has 0 saturated heterocycles. The Kier molecular flexibility index (Phi) is 6.69. The minimum absolute atomic E-state index is 0.878. The monoisotopic (exact) mass is 210 g/mol. The zero-order chi connectivity index (χ0) is 10.9. The van der Waals surface area contributed by atoms with Gasteiger partial charge in [-0.1, -0.05) is 18.9 Å². The average molecular weight is 210 g/mol. The molecule has 0 heterocycles. The van der Waals surface area contributed by atoms with Crippen LogP contribution in [0.5, 0.6) is 0 Å². The summed E-state index contributed by atoms with van der Waals surface area (Å²) < 4.78 is 0. The van der Waals surface area contributed by atoms with Gasteiger partial charge in [0.15, 0.2) is 0 Å². The maximum Gasteiger partial charge on any atom is 0.0157 e. The summed E-state index contributed by atoms with van der Waals surface area (Å²) in [6.45, 7) is 7.20. The van der Waals surface area contributed by atoms with Crippen LogP contribution in [0.15, 0.2) is 12.7 Å². The van der Waals surface area contributed by atoms with Crippen LogP contribution in [0.2, 0.25) is 0 Å². The largest absolute Gasteiger partial charge is 0.314 e. The molecular formula is C13H26N2. The predicted molar refractivity (Wildman–Crippen MR) is 67.2 cm³/mol. The van der Waals surface area contributed by atoms with Crippen molar-refractivity contribution in [3.63, 3.8) is 0 Å². The van der Waals surface area contributed by atoms with E-state index in [1.165, 1.54) is 51.6 Å². The molecule has 0 aromatic carbocycles. The van der Waals surface area contributed by atoms with Gasteiger partial charge in [0, 0.05) is 12.6 Å². The van der Waals surface area contributed by atoms with E-state index in [9.17, 15) is 0 Å². The molecule has 0 aromatic heterocycles. The normalized spacial score (nSPS) is 15.9. The molecule has 0 spiro atoms. The molecule has 2 heteroatoms. The molecule has 0 bridgehead atoms. The highest BCUT2D eigenvalue weighted by Crippen LogP contribution is 2.18. The lowest BCUT2D eigenvalue weighted by Gasteiger charge is -2.13.